The average Bonchev–Trinajstić information content (AvgIpc) is 3.23. The summed E-state index contributed by atoms with van der Waals surface area (Å²) in [4.78, 5) is 16.4. The summed E-state index contributed by atoms with van der Waals surface area (Å²) in [6.07, 6.45) is 4.98. The van der Waals surface area contributed by atoms with Crippen LogP contribution in [-0.2, 0) is 4.79 Å². The van der Waals surface area contributed by atoms with Gasteiger partial charge in [-0.3, -0.25) is 14.3 Å². The molecule has 2 aromatic heterocycles. The average molecular weight is 528 g/mol. The fraction of sp³-hybridized carbons (Fsp3) is 0.0455. The monoisotopic (exact) mass is 526 g/mol. The van der Waals surface area contributed by atoms with Crippen LogP contribution in [0, 0.1) is 0 Å². The summed E-state index contributed by atoms with van der Waals surface area (Å²) < 4.78 is 2.82. The Morgan fingerprint density at radius 2 is 1.91 bits per heavy atom. The van der Waals surface area contributed by atoms with Gasteiger partial charge in [0.05, 0.1) is 12.0 Å². The molecule has 2 heterocycles. The number of nitrogens with zero attached hydrogens (tertiary/aromatic N) is 5. The Bertz CT molecular complexity index is 1250. The minimum absolute atomic E-state index is 0.123. The van der Waals surface area contributed by atoms with Gasteiger partial charge in [-0.1, -0.05) is 51.4 Å². The number of rotatable bonds is 7. The molecule has 0 bridgehead atoms. The van der Waals surface area contributed by atoms with E-state index >= 15 is 0 Å². The third kappa shape index (κ3) is 5.61. The number of pyridine rings is 1. The Hall–Kier alpha value is -3.01. The van der Waals surface area contributed by atoms with Crippen LogP contribution in [0.4, 0.5) is 0 Å². The fourth-order valence-corrected chi connectivity index (χ4v) is 4.09. The summed E-state index contributed by atoms with van der Waals surface area (Å²) in [5.41, 5.74) is 5.10. The van der Waals surface area contributed by atoms with Crippen molar-refractivity contribution in [2.45, 2.75) is 5.16 Å². The van der Waals surface area contributed by atoms with E-state index in [4.69, 9.17) is 11.6 Å². The highest BCUT2D eigenvalue weighted by atomic mass is 79.9. The maximum Gasteiger partial charge on any atom is 0.250 e. The van der Waals surface area contributed by atoms with Gasteiger partial charge in [0.25, 0.3) is 5.91 Å². The van der Waals surface area contributed by atoms with Crippen molar-refractivity contribution < 1.29 is 4.79 Å². The highest BCUT2D eigenvalue weighted by Gasteiger charge is 2.17. The first-order chi connectivity index (χ1) is 15.6. The zero-order chi connectivity index (χ0) is 22.3. The number of benzene rings is 2. The molecule has 7 nitrogen and oxygen atoms in total. The van der Waals surface area contributed by atoms with Gasteiger partial charge in [0.15, 0.2) is 11.0 Å². The lowest BCUT2D eigenvalue weighted by atomic mass is 10.2. The molecular formula is C22H16BrClN6OS. The minimum atomic E-state index is -0.252. The van der Waals surface area contributed by atoms with Crippen molar-refractivity contribution in [2.75, 3.05) is 5.75 Å². The quantitative estimate of drug-likeness (QED) is 0.208. The maximum absolute atomic E-state index is 12.3. The molecule has 0 saturated carbocycles. The molecule has 0 spiro atoms. The Morgan fingerprint density at radius 1 is 1.12 bits per heavy atom. The third-order valence-corrected chi connectivity index (χ3v) is 5.91. The second-order valence-corrected chi connectivity index (χ2v) is 8.79. The fourth-order valence-electron chi connectivity index (χ4n) is 2.80. The summed E-state index contributed by atoms with van der Waals surface area (Å²) in [6, 6.07) is 18.7. The highest BCUT2D eigenvalue weighted by molar-refractivity contribution is 9.10. The van der Waals surface area contributed by atoms with Crippen LogP contribution in [0.2, 0.25) is 5.02 Å². The van der Waals surface area contributed by atoms with Crippen molar-refractivity contribution in [3.63, 3.8) is 0 Å². The molecule has 0 fully saturated rings. The number of halogens is 2. The van der Waals surface area contributed by atoms with Gasteiger partial charge in [-0.2, -0.15) is 5.10 Å². The van der Waals surface area contributed by atoms with Crippen molar-refractivity contribution in [3.8, 4) is 17.1 Å². The van der Waals surface area contributed by atoms with Crippen molar-refractivity contribution >= 4 is 51.4 Å². The Morgan fingerprint density at radius 3 is 2.66 bits per heavy atom. The molecule has 0 unspecified atom stereocenters. The number of nitrogens with one attached hydrogen (secondary N) is 1. The minimum Gasteiger partial charge on any atom is -0.272 e. The zero-order valence-corrected chi connectivity index (χ0v) is 19.7. The van der Waals surface area contributed by atoms with Gasteiger partial charge in [0.2, 0.25) is 0 Å². The molecule has 0 aliphatic heterocycles. The first-order valence-electron chi connectivity index (χ1n) is 9.42. The lowest BCUT2D eigenvalue weighted by Gasteiger charge is -2.10. The van der Waals surface area contributed by atoms with Crippen LogP contribution >= 0.6 is 39.3 Å². The predicted molar refractivity (Wildman–Crippen MR) is 130 cm³/mol. The lowest BCUT2D eigenvalue weighted by molar-refractivity contribution is -0.118. The molecule has 0 atom stereocenters. The van der Waals surface area contributed by atoms with Crippen LogP contribution in [0.15, 0.2) is 87.8 Å². The number of amides is 1. The van der Waals surface area contributed by atoms with E-state index in [1.807, 2.05) is 53.1 Å². The maximum atomic E-state index is 12.3. The number of carbonyl (C=O) groups excluding carboxylic acids is 1. The summed E-state index contributed by atoms with van der Waals surface area (Å²) in [6.45, 7) is 0. The number of carbonyl (C=O) groups is 1. The first-order valence-corrected chi connectivity index (χ1v) is 11.6. The van der Waals surface area contributed by atoms with Crippen molar-refractivity contribution in [3.05, 3.63) is 88.1 Å². The van der Waals surface area contributed by atoms with Crippen molar-refractivity contribution in [1.29, 1.82) is 0 Å². The molecule has 1 amide bonds. The zero-order valence-electron chi connectivity index (χ0n) is 16.5. The number of hydrogen-bond donors (Lipinski definition) is 1. The molecule has 4 aromatic rings. The second-order valence-electron chi connectivity index (χ2n) is 6.49. The molecule has 2 aromatic carbocycles. The van der Waals surface area contributed by atoms with Crippen LogP contribution in [0.5, 0.6) is 0 Å². The second kappa shape index (κ2) is 10.5. The van der Waals surface area contributed by atoms with E-state index in [1.165, 1.54) is 11.8 Å². The molecule has 0 radical (unpaired) electrons. The van der Waals surface area contributed by atoms with Crippen LogP contribution in [0.25, 0.3) is 17.1 Å². The van der Waals surface area contributed by atoms with Gasteiger partial charge in [-0.15, -0.1) is 10.2 Å². The van der Waals surface area contributed by atoms with Crippen LogP contribution in [-0.4, -0.2) is 37.6 Å². The van der Waals surface area contributed by atoms with Crippen LogP contribution in [0.3, 0.4) is 0 Å². The van der Waals surface area contributed by atoms with E-state index in [0.717, 1.165) is 21.3 Å². The van der Waals surface area contributed by atoms with Crippen molar-refractivity contribution in [2.24, 2.45) is 5.10 Å². The highest BCUT2D eigenvalue weighted by Crippen LogP contribution is 2.28. The van der Waals surface area contributed by atoms with Crippen LogP contribution in [0.1, 0.15) is 5.56 Å². The Kier molecular flexibility index (Phi) is 7.31. The van der Waals surface area contributed by atoms with Crippen molar-refractivity contribution in [1.82, 2.24) is 25.2 Å². The van der Waals surface area contributed by atoms with Crippen LogP contribution < -0.4 is 5.43 Å². The first kappa shape index (κ1) is 22.2. The molecule has 32 heavy (non-hydrogen) atoms. The van der Waals surface area contributed by atoms with Gasteiger partial charge in [-0.05, 0) is 54.1 Å². The number of thioether (sulfide) groups is 1. The predicted octanol–water partition coefficient (Wildman–Crippen LogP) is 4.99. The SMILES string of the molecule is O=C(CSc1nnc(-c2ccncc2)n1-c1ccc(Cl)cc1)N/N=C\c1cccc(Br)c1. The molecule has 160 valence electrons. The van der Waals surface area contributed by atoms with Gasteiger partial charge in [0, 0.05) is 33.1 Å². The number of aromatic nitrogens is 4. The normalized spacial score (nSPS) is 11.1. The summed E-state index contributed by atoms with van der Waals surface area (Å²) >= 11 is 10.7. The van der Waals surface area contributed by atoms with E-state index in [1.54, 1.807) is 30.7 Å². The van der Waals surface area contributed by atoms with Gasteiger partial charge < -0.3 is 0 Å². The standard InChI is InChI=1S/C22H16BrClN6OS/c23-17-3-1-2-15(12-17)13-26-27-20(31)14-32-22-29-28-21(16-8-10-25-11-9-16)30(22)19-6-4-18(24)5-7-19/h1-13H,14H2,(H,27,31)/b26-13-. The Balaban J connectivity index is 1.50. The van der Waals surface area contributed by atoms with E-state index in [9.17, 15) is 4.79 Å². The lowest BCUT2D eigenvalue weighted by Crippen LogP contribution is -2.20. The molecule has 10 heteroatoms. The van der Waals surface area contributed by atoms with Gasteiger partial charge >= 0.3 is 0 Å². The summed E-state index contributed by atoms with van der Waals surface area (Å²) in [7, 11) is 0. The smallest absolute Gasteiger partial charge is 0.250 e. The molecule has 1 N–H and O–H groups in total. The summed E-state index contributed by atoms with van der Waals surface area (Å²) in [5, 5.41) is 13.9. The summed E-state index contributed by atoms with van der Waals surface area (Å²) in [5.74, 6) is 0.514. The number of hydrogen-bond acceptors (Lipinski definition) is 6. The topological polar surface area (TPSA) is 85.1 Å². The molecule has 0 aliphatic carbocycles. The third-order valence-electron chi connectivity index (χ3n) is 4.24. The molecule has 0 aliphatic rings. The van der Waals surface area contributed by atoms with E-state index in [0.29, 0.717) is 16.0 Å². The van der Waals surface area contributed by atoms with E-state index in [2.05, 4.69) is 41.6 Å². The number of hydrazone groups is 1. The molecule has 4 rings (SSSR count). The van der Waals surface area contributed by atoms with E-state index < -0.39 is 0 Å². The van der Waals surface area contributed by atoms with E-state index in [-0.39, 0.29) is 11.7 Å². The largest absolute Gasteiger partial charge is 0.272 e. The molecule has 0 saturated heterocycles. The molecular weight excluding hydrogens is 512 g/mol. The van der Waals surface area contributed by atoms with Gasteiger partial charge in [0.1, 0.15) is 0 Å². The Labute approximate surface area is 202 Å². The van der Waals surface area contributed by atoms with Gasteiger partial charge in [-0.25, -0.2) is 5.43 Å².